The fourth-order valence-electron chi connectivity index (χ4n) is 5.17. The number of nitrogens with zero attached hydrogens (tertiary/aromatic N) is 5. The molecule has 0 fully saturated rings. The summed E-state index contributed by atoms with van der Waals surface area (Å²) >= 11 is 0. The van der Waals surface area contributed by atoms with E-state index in [0.29, 0.717) is 33.4 Å². The van der Waals surface area contributed by atoms with Crippen LogP contribution in [-0.4, -0.2) is 35.5 Å². The van der Waals surface area contributed by atoms with E-state index in [1.807, 2.05) is 62.4 Å². The van der Waals surface area contributed by atoms with E-state index in [-0.39, 0.29) is 24.3 Å². The number of hydrogen-bond donors (Lipinski definition) is 2. The standard InChI is InChI=1S/C29H25FN6O2/c1-16-6-3-4-9-23(16)36-21(11-18-8-5-7-17(2)24(18)29(36)38)14-35-28-25(27(31)32-15-33-28)26(34-35)19-10-20(30)13-22(37)12-19/h3-12,15,22,37H,13-14H2,1-2H3,(H2,31,32,33). The van der Waals surface area contributed by atoms with Crippen LogP contribution in [-0.2, 0) is 6.54 Å². The number of halogens is 1. The number of rotatable bonds is 4. The van der Waals surface area contributed by atoms with Crippen LogP contribution in [0.5, 0.6) is 0 Å². The van der Waals surface area contributed by atoms with Crippen molar-refractivity contribution in [2.75, 3.05) is 5.73 Å². The van der Waals surface area contributed by atoms with Gasteiger partial charge in [0.25, 0.3) is 5.56 Å². The second-order valence-electron chi connectivity index (χ2n) is 9.55. The number of para-hydroxylation sites is 1. The fraction of sp³-hybridized carbons (Fsp3) is 0.172. The van der Waals surface area contributed by atoms with E-state index < -0.39 is 11.9 Å². The number of fused-ring (bicyclic) bond motifs is 2. The van der Waals surface area contributed by atoms with Crippen LogP contribution in [0.15, 0.2) is 77.6 Å². The molecule has 1 aliphatic rings. The normalized spacial score (nSPS) is 15.6. The number of nitrogens with two attached hydrogens (primary N) is 1. The molecule has 5 aromatic rings. The highest BCUT2D eigenvalue weighted by Crippen LogP contribution is 2.32. The zero-order valence-electron chi connectivity index (χ0n) is 20.9. The molecule has 1 atom stereocenters. The number of hydrogen-bond acceptors (Lipinski definition) is 6. The minimum atomic E-state index is -0.976. The van der Waals surface area contributed by atoms with E-state index >= 15 is 0 Å². The summed E-state index contributed by atoms with van der Waals surface area (Å²) in [6.07, 6.45) is 3.17. The van der Waals surface area contributed by atoms with E-state index in [2.05, 4.69) is 9.97 Å². The van der Waals surface area contributed by atoms with Gasteiger partial charge in [0.2, 0.25) is 0 Å². The molecule has 0 spiro atoms. The van der Waals surface area contributed by atoms with Gasteiger partial charge in [-0.05, 0) is 54.6 Å². The summed E-state index contributed by atoms with van der Waals surface area (Å²) in [5, 5.41) is 16.8. The largest absolute Gasteiger partial charge is 0.389 e. The predicted molar refractivity (Wildman–Crippen MR) is 146 cm³/mol. The quantitative estimate of drug-likeness (QED) is 0.373. The van der Waals surface area contributed by atoms with E-state index in [9.17, 15) is 14.3 Å². The third-order valence-corrected chi connectivity index (χ3v) is 6.92. The molecule has 1 unspecified atom stereocenters. The van der Waals surface area contributed by atoms with Gasteiger partial charge < -0.3 is 10.8 Å². The monoisotopic (exact) mass is 508 g/mol. The predicted octanol–water partition coefficient (Wildman–Crippen LogP) is 4.38. The highest BCUT2D eigenvalue weighted by atomic mass is 19.1. The molecule has 2 aromatic carbocycles. The van der Waals surface area contributed by atoms with Crippen molar-refractivity contribution >= 4 is 33.2 Å². The first-order valence-electron chi connectivity index (χ1n) is 12.3. The molecule has 0 radical (unpaired) electrons. The lowest BCUT2D eigenvalue weighted by atomic mass is 10.00. The second-order valence-corrected chi connectivity index (χ2v) is 9.55. The van der Waals surface area contributed by atoms with Crippen molar-refractivity contribution in [3.8, 4) is 5.69 Å². The van der Waals surface area contributed by atoms with E-state index in [1.165, 1.54) is 12.4 Å². The van der Waals surface area contributed by atoms with Crippen LogP contribution in [0.1, 0.15) is 28.9 Å². The van der Waals surface area contributed by atoms with Crippen LogP contribution in [0, 0.1) is 13.8 Å². The second kappa shape index (κ2) is 9.04. The summed E-state index contributed by atoms with van der Waals surface area (Å²) in [5.41, 5.74) is 10.6. The Kier molecular flexibility index (Phi) is 5.65. The Morgan fingerprint density at radius 2 is 1.87 bits per heavy atom. The summed E-state index contributed by atoms with van der Waals surface area (Å²) in [4.78, 5) is 22.5. The highest BCUT2D eigenvalue weighted by molar-refractivity contribution is 5.98. The summed E-state index contributed by atoms with van der Waals surface area (Å²) in [6.45, 7) is 4.07. The Morgan fingerprint density at radius 3 is 2.66 bits per heavy atom. The minimum absolute atomic E-state index is 0.0899. The molecule has 0 aliphatic heterocycles. The first-order chi connectivity index (χ1) is 18.3. The van der Waals surface area contributed by atoms with Gasteiger partial charge in [0.1, 0.15) is 23.7 Å². The lowest BCUT2D eigenvalue weighted by molar-refractivity contribution is 0.214. The number of benzene rings is 2. The third kappa shape index (κ3) is 3.88. The molecule has 3 heterocycles. The van der Waals surface area contributed by atoms with Gasteiger partial charge in [0, 0.05) is 17.7 Å². The first kappa shape index (κ1) is 23.7. The molecule has 0 amide bonds. The van der Waals surface area contributed by atoms with Crippen LogP contribution in [0.25, 0.3) is 33.1 Å². The minimum Gasteiger partial charge on any atom is -0.389 e. The van der Waals surface area contributed by atoms with Crippen molar-refractivity contribution in [2.45, 2.75) is 32.9 Å². The number of aliphatic hydroxyl groups is 1. The molecule has 0 saturated heterocycles. The molecular formula is C29H25FN6O2. The van der Waals surface area contributed by atoms with Crippen LogP contribution < -0.4 is 11.3 Å². The third-order valence-electron chi connectivity index (χ3n) is 6.92. The maximum atomic E-state index is 14.3. The first-order valence-corrected chi connectivity index (χ1v) is 12.3. The Bertz CT molecular complexity index is 1870. The summed E-state index contributed by atoms with van der Waals surface area (Å²) in [5.74, 6) is -0.261. The summed E-state index contributed by atoms with van der Waals surface area (Å²) < 4.78 is 17.6. The van der Waals surface area contributed by atoms with Crippen LogP contribution in [0.2, 0.25) is 0 Å². The van der Waals surface area contributed by atoms with Gasteiger partial charge in [-0.3, -0.25) is 9.36 Å². The van der Waals surface area contributed by atoms with Crippen molar-refractivity contribution in [3.63, 3.8) is 0 Å². The molecule has 0 saturated carbocycles. The zero-order chi connectivity index (χ0) is 26.6. The highest BCUT2D eigenvalue weighted by Gasteiger charge is 2.23. The van der Waals surface area contributed by atoms with E-state index in [1.54, 1.807) is 15.3 Å². The Labute approximate surface area is 217 Å². The molecule has 6 rings (SSSR count). The molecule has 0 bridgehead atoms. The van der Waals surface area contributed by atoms with Crippen LogP contribution in [0.3, 0.4) is 0 Å². The molecule has 8 nitrogen and oxygen atoms in total. The smallest absolute Gasteiger partial charge is 0.263 e. The van der Waals surface area contributed by atoms with Gasteiger partial charge in [-0.2, -0.15) is 5.10 Å². The van der Waals surface area contributed by atoms with Gasteiger partial charge in [-0.1, -0.05) is 36.4 Å². The fourth-order valence-corrected chi connectivity index (χ4v) is 5.17. The molecule has 3 aromatic heterocycles. The molecule has 1 aliphatic carbocycles. The molecule has 190 valence electrons. The number of aliphatic hydroxyl groups excluding tert-OH is 1. The lowest BCUT2D eigenvalue weighted by Gasteiger charge is -2.17. The summed E-state index contributed by atoms with van der Waals surface area (Å²) in [7, 11) is 0. The van der Waals surface area contributed by atoms with Crippen LogP contribution >= 0.6 is 0 Å². The lowest BCUT2D eigenvalue weighted by Crippen LogP contribution is -2.25. The number of anilines is 1. The topological polar surface area (TPSA) is 112 Å². The van der Waals surface area contributed by atoms with Crippen molar-refractivity contribution in [1.29, 1.82) is 0 Å². The van der Waals surface area contributed by atoms with Gasteiger partial charge in [-0.15, -0.1) is 0 Å². The SMILES string of the molecule is Cc1ccccc1-n1c(Cn2nc(C3=CC(O)CC(F)=C3)c3c(N)ncnc32)cc2cccc(C)c2c1=O. The molecule has 38 heavy (non-hydrogen) atoms. The van der Waals surface area contributed by atoms with Gasteiger partial charge in [0.15, 0.2) is 5.65 Å². The average Bonchev–Trinajstić information content (AvgIpc) is 3.24. The number of nitrogen functional groups attached to an aromatic ring is 1. The molecular weight excluding hydrogens is 483 g/mol. The molecule has 3 N–H and O–H groups in total. The van der Waals surface area contributed by atoms with Gasteiger partial charge in [0.05, 0.1) is 29.1 Å². The number of aryl methyl sites for hydroxylation is 2. The Morgan fingerprint density at radius 1 is 1.08 bits per heavy atom. The van der Waals surface area contributed by atoms with Crippen molar-refractivity contribution in [1.82, 2.24) is 24.3 Å². The maximum Gasteiger partial charge on any atom is 0.263 e. The van der Waals surface area contributed by atoms with Crippen molar-refractivity contribution < 1.29 is 9.50 Å². The maximum absolute atomic E-state index is 14.3. The van der Waals surface area contributed by atoms with Gasteiger partial charge in [-0.25, -0.2) is 19.0 Å². The Hall–Kier alpha value is -4.63. The number of aromatic nitrogens is 5. The van der Waals surface area contributed by atoms with Crippen LogP contribution in [0.4, 0.5) is 10.2 Å². The van der Waals surface area contributed by atoms with Gasteiger partial charge >= 0.3 is 0 Å². The zero-order valence-corrected chi connectivity index (χ0v) is 20.9. The number of allylic oxidation sites excluding steroid dienone is 2. The Balaban J connectivity index is 1.61. The van der Waals surface area contributed by atoms with Crippen molar-refractivity contribution in [3.05, 3.63) is 106 Å². The summed E-state index contributed by atoms with van der Waals surface area (Å²) in [6, 6.07) is 15.5. The van der Waals surface area contributed by atoms with E-state index in [0.717, 1.165) is 22.2 Å². The number of pyridine rings is 1. The molecule has 9 heteroatoms. The average molecular weight is 509 g/mol. The van der Waals surface area contributed by atoms with E-state index in [4.69, 9.17) is 10.8 Å². The van der Waals surface area contributed by atoms with Crippen molar-refractivity contribution in [2.24, 2.45) is 0 Å².